The first-order valence-electron chi connectivity index (χ1n) is 9.44. The molecule has 2 aromatic carbocycles. The van der Waals surface area contributed by atoms with Gasteiger partial charge in [0.05, 0.1) is 0 Å². The predicted octanol–water partition coefficient (Wildman–Crippen LogP) is 1.99. The SMILES string of the molecule is Cc1ccc(C(=O)NCC(=O)O[C@H](C)C(=O)NC(=O)NCc2ccccc2)cc1C. The Morgan fingerprint density at radius 2 is 1.63 bits per heavy atom. The van der Waals surface area contributed by atoms with Crippen LogP contribution in [0.4, 0.5) is 4.79 Å². The van der Waals surface area contributed by atoms with Crippen molar-refractivity contribution in [1.29, 1.82) is 0 Å². The average Bonchev–Trinajstić information content (AvgIpc) is 2.73. The van der Waals surface area contributed by atoms with E-state index in [0.717, 1.165) is 16.7 Å². The standard InChI is InChI=1S/C22H25N3O5/c1-14-9-10-18(11-15(14)2)21(28)23-13-19(26)30-16(3)20(27)25-22(29)24-12-17-7-5-4-6-8-17/h4-11,16H,12-13H2,1-3H3,(H,23,28)(H2,24,25,27,29)/t16-/m1/s1. The van der Waals surface area contributed by atoms with E-state index in [4.69, 9.17) is 4.74 Å². The Kier molecular flexibility index (Phi) is 8.10. The van der Waals surface area contributed by atoms with E-state index >= 15 is 0 Å². The van der Waals surface area contributed by atoms with E-state index in [-0.39, 0.29) is 6.54 Å². The summed E-state index contributed by atoms with van der Waals surface area (Å²) in [5.41, 5.74) is 3.31. The molecule has 0 aliphatic carbocycles. The summed E-state index contributed by atoms with van der Waals surface area (Å²) in [5.74, 6) is -1.98. The molecule has 0 aliphatic heterocycles. The van der Waals surface area contributed by atoms with Gasteiger partial charge in [-0.15, -0.1) is 0 Å². The van der Waals surface area contributed by atoms with Crippen LogP contribution in [-0.2, 0) is 20.9 Å². The highest BCUT2D eigenvalue weighted by Gasteiger charge is 2.20. The Bertz CT molecular complexity index is 928. The van der Waals surface area contributed by atoms with Gasteiger partial charge in [0.25, 0.3) is 11.8 Å². The molecule has 0 saturated heterocycles. The van der Waals surface area contributed by atoms with Crippen molar-refractivity contribution in [1.82, 2.24) is 16.0 Å². The van der Waals surface area contributed by atoms with Gasteiger partial charge in [-0.3, -0.25) is 19.7 Å². The summed E-state index contributed by atoms with van der Waals surface area (Å²) >= 11 is 0. The number of hydrogen-bond donors (Lipinski definition) is 3. The lowest BCUT2D eigenvalue weighted by atomic mass is 10.1. The second kappa shape index (κ2) is 10.8. The van der Waals surface area contributed by atoms with Gasteiger partial charge in [0.1, 0.15) is 6.54 Å². The number of esters is 1. The van der Waals surface area contributed by atoms with Crippen molar-refractivity contribution >= 4 is 23.8 Å². The average molecular weight is 411 g/mol. The van der Waals surface area contributed by atoms with E-state index in [1.165, 1.54) is 6.92 Å². The van der Waals surface area contributed by atoms with Crippen molar-refractivity contribution in [3.8, 4) is 0 Å². The van der Waals surface area contributed by atoms with E-state index < -0.39 is 36.5 Å². The second-order valence-corrected chi connectivity index (χ2v) is 6.77. The Morgan fingerprint density at radius 1 is 0.933 bits per heavy atom. The summed E-state index contributed by atoms with van der Waals surface area (Å²) in [5, 5.41) is 7.08. The van der Waals surface area contributed by atoms with Gasteiger partial charge < -0.3 is 15.4 Å². The molecule has 3 N–H and O–H groups in total. The summed E-state index contributed by atoms with van der Waals surface area (Å²) in [6.45, 7) is 5.00. The van der Waals surface area contributed by atoms with Crippen LogP contribution in [0.5, 0.6) is 0 Å². The van der Waals surface area contributed by atoms with Crippen LogP contribution in [0.25, 0.3) is 0 Å². The topological polar surface area (TPSA) is 114 Å². The van der Waals surface area contributed by atoms with Crippen molar-refractivity contribution < 1.29 is 23.9 Å². The molecule has 0 unspecified atom stereocenters. The van der Waals surface area contributed by atoms with Gasteiger partial charge in [-0.2, -0.15) is 0 Å². The number of urea groups is 1. The van der Waals surface area contributed by atoms with E-state index in [9.17, 15) is 19.2 Å². The van der Waals surface area contributed by atoms with Crippen molar-refractivity contribution in [3.63, 3.8) is 0 Å². The highest BCUT2D eigenvalue weighted by molar-refractivity contribution is 5.98. The van der Waals surface area contributed by atoms with E-state index in [0.29, 0.717) is 5.56 Å². The van der Waals surface area contributed by atoms with Crippen LogP contribution in [0.1, 0.15) is 34.0 Å². The molecule has 4 amide bonds. The van der Waals surface area contributed by atoms with Gasteiger partial charge in [-0.25, -0.2) is 4.79 Å². The largest absolute Gasteiger partial charge is 0.451 e. The number of rotatable bonds is 7. The summed E-state index contributed by atoms with van der Waals surface area (Å²) in [6, 6.07) is 13.7. The number of aryl methyl sites for hydroxylation is 2. The van der Waals surface area contributed by atoms with Crippen LogP contribution >= 0.6 is 0 Å². The van der Waals surface area contributed by atoms with Crippen LogP contribution in [0.15, 0.2) is 48.5 Å². The normalized spacial score (nSPS) is 11.2. The highest BCUT2D eigenvalue weighted by Crippen LogP contribution is 2.09. The van der Waals surface area contributed by atoms with E-state index in [1.54, 1.807) is 12.1 Å². The maximum atomic E-state index is 12.1. The molecular weight excluding hydrogens is 386 g/mol. The number of nitrogens with one attached hydrogen (secondary N) is 3. The summed E-state index contributed by atoms with van der Waals surface area (Å²) in [7, 11) is 0. The molecule has 158 valence electrons. The van der Waals surface area contributed by atoms with Gasteiger partial charge in [-0.1, -0.05) is 36.4 Å². The van der Waals surface area contributed by atoms with Crippen LogP contribution in [0.3, 0.4) is 0 Å². The van der Waals surface area contributed by atoms with Crippen molar-refractivity contribution in [2.24, 2.45) is 0 Å². The number of hydrogen-bond acceptors (Lipinski definition) is 5. The van der Waals surface area contributed by atoms with Crippen LogP contribution in [-0.4, -0.2) is 36.5 Å². The third-order valence-electron chi connectivity index (χ3n) is 4.37. The lowest BCUT2D eigenvalue weighted by Gasteiger charge is -2.14. The fourth-order valence-corrected chi connectivity index (χ4v) is 2.47. The number of amides is 4. The molecule has 0 heterocycles. The number of benzene rings is 2. The van der Waals surface area contributed by atoms with E-state index in [2.05, 4.69) is 16.0 Å². The van der Waals surface area contributed by atoms with Gasteiger partial charge in [-0.05, 0) is 49.6 Å². The zero-order valence-electron chi connectivity index (χ0n) is 17.2. The number of carbonyl (C=O) groups is 4. The zero-order chi connectivity index (χ0) is 22.1. The molecule has 2 aromatic rings. The lowest BCUT2D eigenvalue weighted by Crippen LogP contribution is -2.45. The maximum Gasteiger partial charge on any atom is 0.326 e. The number of imide groups is 1. The Hall–Kier alpha value is -3.68. The van der Waals surface area contributed by atoms with Crippen LogP contribution < -0.4 is 16.0 Å². The molecule has 0 aliphatic rings. The van der Waals surface area contributed by atoms with Gasteiger partial charge in [0.2, 0.25) is 0 Å². The van der Waals surface area contributed by atoms with Crippen LogP contribution in [0, 0.1) is 13.8 Å². The molecule has 2 rings (SSSR count). The molecule has 0 spiro atoms. The smallest absolute Gasteiger partial charge is 0.326 e. The first-order valence-corrected chi connectivity index (χ1v) is 9.44. The Balaban J connectivity index is 1.73. The van der Waals surface area contributed by atoms with Gasteiger partial charge in [0.15, 0.2) is 6.10 Å². The molecule has 0 aromatic heterocycles. The Morgan fingerprint density at radius 3 is 2.30 bits per heavy atom. The summed E-state index contributed by atoms with van der Waals surface area (Å²) in [4.78, 5) is 47.8. The first kappa shape index (κ1) is 22.6. The molecule has 0 fully saturated rings. The van der Waals surface area contributed by atoms with Crippen molar-refractivity contribution in [3.05, 3.63) is 70.8 Å². The first-order chi connectivity index (χ1) is 14.3. The van der Waals surface area contributed by atoms with E-state index in [1.807, 2.05) is 50.2 Å². The van der Waals surface area contributed by atoms with Gasteiger partial charge >= 0.3 is 12.0 Å². The van der Waals surface area contributed by atoms with Crippen LogP contribution in [0.2, 0.25) is 0 Å². The fraction of sp³-hybridized carbons (Fsp3) is 0.273. The van der Waals surface area contributed by atoms with Crippen molar-refractivity contribution in [2.45, 2.75) is 33.4 Å². The minimum atomic E-state index is -1.20. The lowest BCUT2D eigenvalue weighted by molar-refractivity contribution is -0.153. The summed E-state index contributed by atoms with van der Waals surface area (Å²) < 4.78 is 4.96. The molecule has 8 heteroatoms. The zero-order valence-corrected chi connectivity index (χ0v) is 17.2. The third kappa shape index (κ3) is 7.05. The molecule has 0 bridgehead atoms. The van der Waals surface area contributed by atoms with Gasteiger partial charge in [0, 0.05) is 12.1 Å². The predicted molar refractivity (Wildman–Crippen MR) is 111 cm³/mol. The molecule has 8 nitrogen and oxygen atoms in total. The third-order valence-corrected chi connectivity index (χ3v) is 4.37. The Labute approximate surface area is 175 Å². The second-order valence-electron chi connectivity index (χ2n) is 6.77. The number of ether oxygens (including phenoxy) is 1. The minimum Gasteiger partial charge on any atom is -0.451 e. The minimum absolute atomic E-state index is 0.249. The number of carbonyl (C=O) groups excluding carboxylic acids is 4. The quantitative estimate of drug-likeness (QED) is 0.603. The maximum absolute atomic E-state index is 12.1. The molecular formula is C22H25N3O5. The summed E-state index contributed by atoms with van der Waals surface area (Å²) in [6.07, 6.45) is -1.20. The van der Waals surface area contributed by atoms with Crippen molar-refractivity contribution in [2.75, 3.05) is 6.54 Å². The molecule has 30 heavy (non-hydrogen) atoms. The molecule has 0 saturated carbocycles. The fourth-order valence-electron chi connectivity index (χ4n) is 2.47. The highest BCUT2D eigenvalue weighted by atomic mass is 16.5. The monoisotopic (exact) mass is 411 g/mol. The molecule has 0 radical (unpaired) electrons. The molecule has 1 atom stereocenters.